The van der Waals surface area contributed by atoms with Crippen LogP contribution in [-0.4, -0.2) is 53.8 Å². The van der Waals surface area contributed by atoms with E-state index >= 15 is 0 Å². The molecule has 0 aromatic carbocycles. The number of hydrogen-bond acceptors (Lipinski definition) is 3. The molecular formula is C13H24N2O4S. The van der Waals surface area contributed by atoms with Crippen LogP contribution in [-0.2, 0) is 15.0 Å². The number of carbonyl (C=O) groups is 1. The molecule has 7 heteroatoms. The summed E-state index contributed by atoms with van der Waals surface area (Å²) in [6.45, 7) is 3.13. The van der Waals surface area contributed by atoms with Gasteiger partial charge in [0.05, 0.1) is 5.92 Å². The molecule has 2 rings (SSSR count). The lowest BCUT2D eigenvalue weighted by atomic mass is 10.0. The summed E-state index contributed by atoms with van der Waals surface area (Å²) >= 11 is 0. The van der Waals surface area contributed by atoms with Crippen molar-refractivity contribution in [2.45, 2.75) is 51.5 Å². The van der Waals surface area contributed by atoms with Crippen molar-refractivity contribution in [2.24, 2.45) is 5.92 Å². The maximum Gasteiger partial charge on any atom is 0.307 e. The zero-order chi connectivity index (χ0) is 14.8. The number of piperidine rings is 2. The first kappa shape index (κ1) is 15.7. The van der Waals surface area contributed by atoms with Crippen molar-refractivity contribution in [3.63, 3.8) is 0 Å². The van der Waals surface area contributed by atoms with Gasteiger partial charge in [0.1, 0.15) is 0 Å². The van der Waals surface area contributed by atoms with Gasteiger partial charge in [0, 0.05) is 25.7 Å². The molecule has 0 spiro atoms. The quantitative estimate of drug-likeness (QED) is 0.849. The molecule has 2 atom stereocenters. The maximum absolute atomic E-state index is 12.7. The molecule has 0 aliphatic carbocycles. The Labute approximate surface area is 120 Å². The average Bonchev–Trinajstić information content (AvgIpc) is 2.47. The minimum absolute atomic E-state index is 0.0685. The number of rotatable bonds is 4. The second kappa shape index (κ2) is 6.41. The van der Waals surface area contributed by atoms with Crippen molar-refractivity contribution in [3.8, 4) is 0 Å². The molecule has 2 saturated heterocycles. The number of carboxylic acid groups (broad SMARTS) is 1. The first-order chi connectivity index (χ1) is 9.46. The highest BCUT2D eigenvalue weighted by Crippen LogP contribution is 2.27. The highest BCUT2D eigenvalue weighted by atomic mass is 32.2. The van der Waals surface area contributed by atoms with Crippen molar-refractivity contribution in [1.29, 1.82) is 0 Å². The van der Waals surface area contributed by atoms with Crippen LogP contribution in [0.4, 0.5) is 0 Å². The molecule has 1 N–H and O–H groups in total. The van der Waals surface area contributed by atoms with Gasteiger partial charge < -0.3 is 5.11 Å². The Balaban J connectivity index is 2.14. The monoisotopic (exact) mass is 304 g/mol. The van der Waals surface area contributed by atoms with E-state index in [9.17, 15) is 13.2 Å². The molecule has 20 heavy (non-hydrogen) atoms. The lowest BCUT2D eigenvalue weighted by Crippen LogP contribution is -2.53. The summed E-state index contributed by atoms with van der Waals surface area (Å²) in [6, 6.07) is 0.0685. The summed E-state index contributed by atoms with van der Waals surface area (Å²) in [4.78, 5) is 11.1. The molecule has 0 aromatic rings. The molecule has 2 heterocycles. The molecule has 2 unspecified atom stereocenters. The van der Waals surface area contributed by atoms with Gasteiger partial charge in [-0.3, -0.25) is 4.79 Å². The molecule has 0 saturated carbocycles. The zero-order valence-corrected chi connectivity index (χ0v) is 12.8. The zero-order valence-electron chi connectivity index (χ0n) is 12.0. The molecular weight excluding hydrogens is 280 g/mol. The number of aliphatic carboxylic acids is 1. The number of nitrogens with zero attached hydrogens (tertiary/aromatic N) is 2. The first-order valence-corrected chi connectivity index (χ1v) is 8.86. The summed E-state index contributed by atoms with van der Waals surface area (Å²) < 4.78 is 28.5. The third-order valence-corrected chi connectivity index (χ3v) is 6.46. The van der Waals surface area contributed by atoms with E-state index in [4.69, 9.17) is 5.11 Å². The summed E-state index contributed by atoms with van der Waals surface area (Å²) in [7, 11) is -3.51. The van der Waals surface area contributed by atoms with Crippen molar-refractivity contribution in [1.82, 2.24) is 8.61 Å². The Hall–Kier alpha value is -0.660. The largest absolute Gasteiger partial charge is 0.481 e. The third kappa shape index (κ3) is 3.15. The third-order valence-electron chi connectivity index (χ3n) is 4.40. The molecule has 0 radical (unpaired) electrons. The fourth-order valence-corrected chi connectivity index (χ4v) is 5.20. The topological polar surface area (TPSA) is 77.9 Å². The first-order valence-electron chi connectivity index (χ1n) is 7.46. The lowest BCUT2D eigenvalue weighted by molar-refractivity contribution is -0.142. The van der Waals surface area contributed by atoms with Gasteiger partial charge in [-0.25, -0.2) is 0 Å². The van der Waals surface area contributed by atoms with Gasteiger partial charge >= 0.3 is 5.97 Å². The standard InChI is InChI=1S/C13H24N2O4S/c1-2-12-7-3-4-9-15(12)20(18,19)14-8-5-6-11(10-14)13(16)17/h11-12H,2-10H2,1H3,(H,16,17). The minimum atomic E-state index is -3.51. The van der Waals surface area contributed by atoms with Crippen LogP contribution in [0.1, 0.15) is 45.4 Å². The fraction of sp³-hybridized carbons (Fsp3) is 0.923. The molecule has 0 amide bonds. The van der Waals surface area contributed by atoms with Crippen LogP contribution in [0.15, 0.2) is 0 Å². The number of carboxylic acids is 1. The highest BCUT2D eigenvalue weighted by Gasteiger charge is 2.39. The average molecular weight is 304 g/mol. The Bertz CT molecular complexity index is 451. The fourth-order valence-electron chi connectivity index (χ4n) is 3.19. The number of hydrogen-bond donors (Lipinski definition) is 1. The summed E-state index contributed by atoms with van der Waals surface area (Å²) in [5.41, 5.74) is 0. The van der Waals surface area contributed by atoms with Crippen molar-refractivity contribution in [3.05, 3.63) is 0 Å². The molecule has 6 nitrogen and oxygen atoms in total. The van der Waals surface area contributed by atoms with Gasteiger partial charge in [-0.15, -0.1) is 0 Å². The Morgan fingerprint density at radius 3 is 2.60 bits per heavy atom. The smallest absolute Gasteiger partial charge is 0.307 e. The lowest BCUT2D eigenvalue weighted by Gasteiger charge is -2.39. The summed E-state index contributed by atoms with van der Waals surface area (Å²) in [6.07, 6.45) is 4.88. The van der Waals surface area contributed by atoms with Crippen molar-refractivity contribution in [2.75, 3.05) is 19.6 Å². The second-order valence-electron chi connectivity index (χ2n) is 5.71. The van der Waals surface area contributed by atoms with Crippen LogP contribution in [0.3, 0.4) is 0 Å². The van der Waals surface area contributed by atoms with E-state index < -0.39 is 22.1 Å². The van der Waals surface area contributed by atoms with Crippen LogP contribution < -0.4 is 0 Å². The van der Waals surface area contributed by atoms with Crippen LogP contribution in [0, 0.1) is 5.92 Å². The van der Waals surface area contributed by atoms with Gasteiger partial charge in [0.25, 0.3) is 10.2 Å². The molecule has 2 aliphatic rings. The van der Waals surface area contributed by atoms with Gasteiger partial charge in [0.2, 0.25) is 0 Å². The van der Waals surface area contributed by atoms with Gasteiger partial charge in [-0.1, -0.05) is 13.3 Å². The maximum atomic E-state index is 12.7. The van der Waals surface area contributed by atoms with Gasteiger partial charge in [0.15, 0.2) is 0 Å². The molecule has 0 aromatic heterocycles. The SMILES string of the molecule is CCC1CCCCN1S(=O)(=O)N1CCCC(C(=O)O)C1. The van der Waals surface area contributed by atoms with Crippen LogP contribution >= 0.6 is 0 Å². The van der Waals surface area contributed by atoms with E-state index in [-0.39, 0.29) is 12.6 Å². The summed E-state index contributed by atoms with van der Waals surface area (Å²) in [5, 5.41) is 9.10. The van der Waals surface area contributed by atoms with Crippen LogP contribution in [0.2, 0.25) is 0 Å². The Morgan fingerprint density at radius 1 is 1.20 bits per heavy atom. The predicted octanol–water partition coefficient (Wildman–Crippen LogP) is 1.29. The summed E-state index contributed by atoms with van der Waals surface area (Å²) in [5.74, 6) is -1.46. The second-order valence-corrected chi connectivity index (χ2v) is 7.59. The predicted molar refractivity (Wildman–Crippen MR) is 75.5 cm³/mol. The minimum Gasteiger partial charge on any atom is -0.481 e. The molecule has 2 fully saturated rings. The Morgan fingerprint density at radius 2 is 1.95 bits per heavy atom. The molecule has 2 aliphatic heterocycles. The van der Waals surface area contributed by atoms with Gasteiger partial charge in [-0.2, -0.15) is 17.0 Å². The van der Waals surface area contributed by atoms with E-state index in [0.717, 1.165) is 25.7 Å². The molecule has 0 bridgehead atoms. The normalized spacial score (nSPS) is 30.2. The van der Waals surface area contributed by atoms with Crippen molar-refractivity contribution >= 4 is 16.2 Å². The van der Waals surface area contributed by atoms with E-state index in [1.165, 1.54) is 4.31 Å². The van der Waals surface area contributed by atoms with E-state index in [1.807, 2.05) is 6.92 Å². The van der Waals surface area contributed by atoms with Crippen LogP contribution in [0.25, 0.3) is 0 Å². The van der Waals surface area contributed by atoms with E-state index in [0.29, 0.717) is 25.9 Å². The van der Waals surface area contributed by atoms with E-state index in [1.54, 1.807) is 4.31 Å². The van der Waals surface area contributed by atoms with E-state index in [2.05, 4.69) is 0 Å². The Kier molecular flexibility index (Phi) is 5.04. The highest BCUT2D eigenvalue weighted by molar-refractivity contribution is 7.86. The van der Waals surface area contributed by atoms with Crippen LogP contribution in [0.5, 0.6) is 0 Å². The van der Waals surface area contributed by atoms with Gasteiger partial charge in [-0.05, 0) is 32.1 Å². The van der Waals surface area contributed by atoms with Crippen molar-refractivity contribution < 1.29 is 18.3 Å². The molecule has 116 valence electrons.